The van der Waals surface area contributed by atoms with Crippen LogP contribution in [0.5, 0.6) is 5.75 Å². The minimum absolute atomic E-state index is 0.00365. The van der Waals surface area contributed by atoms with Gasteiger partial charge in [0.05, 0.1) is 12.3 Å². The van der Waals surface area contributed by atoms with Gasteiger partial charge in [-0.25, -0.2) is 4.68 Å². The van der Waals surface area contributed by atoms with E-state index in [1.165, 1.54) is 0 Å². The Morgan fingerprint density at radius 2 is 2.06 bits per heavy atom. The van der Waals surface area contributed by atoms with Gasteiger partial charge in [-0.1, -0.05) is 49.8 Å². The van der Waals surface area contributed by atoms with Gasteiger partial charge >= 0.3 is 0 Å². The van der Waals surface area contributed by atoms with Gasteiger partial charge in [0.25, 0.3) is 5.91 Å². The van der Waals surface area contributed by atoms with E-state index in [9.17, 15) is 10.1 Å². The molecule has 1 aromatic heterocycles. The summed E-state index contributed by atoms with van der Waals surface area (Å²) in [6, 6.07) is 19.3. The zero-order valence-electron chi connectivity index (χ0n) is 18.1. The molecule has 3 rings (SSSR count). The van der Waals surface area contributed by atoms with Crippen molar-refractivity contribution in [1.29, 1.82) is 5.26 Å². The summed E-state index contributed by atoms with van der Waals surface area (Å²) < 4.78 is 7.59. The number of hydrogen-bond acceptors (Lipinski definition) is 4. The van der Waals surface area contributed by atoms with Gasteiger partial charge in [-0.3, -0.25) is 4.79 Å². The monoisotopic (exact) mass is 426 g/mol. The third kappa shape index (κ3) is 5.73. The van der Waals surface area contributed by atoms with Crippen LogP contribution in [0.25, 0.3) is 23.0 Å². The molecule has 32 heavy (non-hydrogen) atoms. The number of nitriles is 1. The molecule has 1 N–H and O–H groups in total. The van der Waals surface area contributed by atoms with Crippen molar-refractivity contribution in [2.75, 3.05) is 13.2 Å². The minimum atomic E-state index is -0.456. The van der Waals surface area contributed by atoms with E-state index in [1.54, 1.807) is 16.8 Å². The highest BCUT2D eigenvalue weighted by Crippen LogP contribution is 2.28. The van der Waals surface area contributed by atoms with Crippen LogP contribution in [-0.2, 0) is 4.79 Å². The largest absolute Gasteiger partial charge is 0.494 e. The van der Waals surface area contributed by atoms with Gasteiger partial charge in [-0.05, 0) is 36.8 Å². The number of nitrogens with zero attached hydrogens (tertiary/aromatic N) is 3. The topological polar surface area (TPSA) is 79.9 Å². The zero-order chi connectivity index (χ0) is 22.8. The van der Waals surface area contributed by atoms with Gasteiger partial charge in [0.2, 0.25) is 0 Å². The van der Waals surface area contributed by atoms with Gasteiger partial charge in [-0.15, -0.1) is 6.58 Å². The number of aromatic nitrogens is 2. The lowest BCUT2D eigenvalue weighted by Crippen LogP contribution is -2.24. The standard InChI is InChI=1S/C26H26N4O2/c1-3-5-15-32-24-13-9-10-20(17-24)25-22(16-21(18-27)26(31)28-14-4-2)19-30(29-25)23-11-7-6-8-12-23/h4,6-13,16-17,19H,2-3,5,14-15H2,1H3,(H,28,31). The second-order valence-electron chi connectivity index (χ2n) is 7.11. The average Bonchev–Trinajstić information content (AvgIpc) is 3.26. The maximum absolute atomic E-state index is 12.4. The van der Waals surface area contributed by atoms with Crippen molar-refractivity contribution in [3.8, 4) is 28.8 Å². The van der Waals surface area contributed by atoms with Crippen molar-refractivity contribution in [2.45, 2.75) is 19.8 Å². The van der Waals surface area contributed by atoms with Crippen LogP contribution in [0.4, 0.5) is 0 Å². The van der Waals surface area contributed by atoms with Crippen molar-refractivity contribution < 1.29 is 9.53 Å². The number of unbranched alkanes of at least 4 members (excludes halogenated alkanes) is 1. The van der Waals surface area contributed by atoms with Gasteiger partial charge in [0.15, 0.2) is 0 Å². The molecule has 0 aliphatic carbocycles. The highest BCUT2D eigenvalue weighted by molar-refractivity contribution is 6.02. The molecule has 162 valence electrons. The van der Waals surface area contributed by atoms with Crippen LogP contribution in [0.2, 0.25) is 0 Å². The molecular formula is C26H26N4O2. The van der Waals surface area contributed by atoms with E-state index in [-0.39, 0.29) is 12.1 Å². The van der Waals surface area contributed by atoms with E-state index in [0.29, 0.717) is 17.9 Å². The zero-order valence-corrected chi connectivity index (χ0v) is 18.1. The molecule has 0 saturated heterocycles. The van der Waals surface area contributed by atoms with Crippen molar-refractivity contribution in [1.82, 2.24) is 15.1 Å². The summed E-state index contributed by atoms with van der Waals surface area (Å²) >= 11 is 0. The Hall–Kier alpha value is -4.11. The quantitative estimate of drug-likeness (QED) is 0.216. The van der Waals surface area contributed by atoms with E-state index in [0.717, 1.165) is 29.8 Å². The van der Waals surface area contributed by atoms with Crippen LogP contribution in [-0.4, -0.2) is 28.8 Å². The molecule has 0 fully saturated rings. The first-order chi connectivity index (χ1) is 15.7. The highest BCUT2D eigenvalue weighted by Gasteiger charge is 2.15. The van der Waals surface area contributed by atoms with Crippen molar-refractivity contribution in [2.24, 2.45) is 0 Å². The molecular weight excluding hydrogens is 400 g/mol. The molecule has 1 amide bonds. The Kier molecular flexibility index (Phi) is 7.99. The third-order valence-corrected chi connectivity index (χ3v) is 4.71. The van der Waals surface area contributed by atoms with Crippen LogP contribution in [0.3, 0.4) is 0 Å². The number of amides is 1. The molecule has 0 aliphatic heterocycles. The lowest BCUT2D eigenvalue weighted by atomic mass is 10.1. The summed E-state index contributed by atoms with van der Waals surface area (Å²) in [5.74, 6) is 0.298. The number of para-hydroxylation sites is 1. The smallest absolute Gasteiger partial charge is 0.262 e. The van der Waals surface area contributed by atoms with Crippen molar-refractivity contribution in [3.05, 3.63) is 84.6 Å². The van der Waals surface area contributed by atoms with Crippen LogP contribution in [0.1, 0.15) is 25.3 Å². The summed E-state index contributed by atoms with van der Waals surface area (Å²) in [6.45, 7) is 6.63. The fraction of sp³-hybridized carbons (Fsp3) is 0.192. The molecule has 0 saturated carbocycles. The highest BCUT2D eigenvalue weighted by atomic mass is 16.5. The Morgan fingerprint density at radius 3 is 2.78 bits per heavy atom. The second-order valence-corrected chi connectivity index (χ2v) is 7.11. The number of ether oxygens (including phenoxy) is 1. The first kappa shape index (κ1) is 22.6. The van der Waals surface area contributed by atoms with E-state index < -0.39 is 5.91 Å². The van der Waals surface area contributed by atoms with Gasteiger partial charge in [0, 0.05) is 23.9 Å². The van der Waals surface area contributed by atoms with Crippen molar-refractivity contribution >= 4 is 12.0 Å². The lowest BCUT2D eigenvalue weighted by Gasteiger charge is -2.07. The number of benzene rings is 2. The number of hydrogen-bond donors (Lipinski definition) is 1. The van der Waals surface area contributed by atoms with Gasteiger partial charge in [0.1, 0.15) is 23.1 Å². The van der Waals surface area contributed by atoms with Crippen LogP contribution >= 0.6 is 0 Å². The van der Waals surface area contributed by atoms with Crippen molar-refractivity contribution in [3.63, 3.8) is 0 Å². The van der Waals surface area contributed by atoms with Crippen LogP contribution in [0, 0.1) is 11.3 Å². The normalized spacial score (nSPS) is 10.9. The fourth-order valence-corrected chi connectivity index (χ4v) is 3.06. The summed E-state index contributed by atoms with van der Waals surface area (Å²) in [5, 5.41) is 17.0. The molecule has 6 heteroatoms. The summed E-state index contributed by atoms with van der Waals surface area (Å²) in [5.41, 5.74) is 3.02. The average molecular weight is 427 g/mol. The molecule has 0 radical (unpaired) electrons. The SMILES string of the molecule is C=CCNC(=O)C(C#N)=Cc1cn(-c2ccccc2)nc1-c1cccc(OCCCC)c1. The molecule has 0 aliphatic rings. The Morgan fingerprint density at radius 1 is 1.25 bits per heavy atom. The predicted molar refractivity (Wildman–Crippen MR) is 126 cm³/mol. The van der Waals surface area contributed by atoms with E-state index in [2.05, 4.69) is 18.8 Å². The Balaban J connectivity index is 2.05. The number of nitrogens with one attached hydrogen (secondary N) is 1. The van der Waals surface area contributed by atoms with E-state index in [4.69, 9.17) is 9.84 Å². The number of rotatable bonds is 10. The fourth-order valence-electron chi connectivity index (χ4n) is 3.06. The first-order valence-electron chi connectivity index (χ1n) is 10.6. The molecule has 0 spiro atoms. The summed E-state index contributed by atoms with van der Waals surface area (Å²) in [4.78, 5) is 12.4. The molecule has 0 bridgehead atoms. The molecule has 0 unspecified atom stereocenters. The third-order valence-electron chi connectivity index (χ3n) is 4.71. The number of carbonyl (C=O) groups excluding carboxylic acids is 1. The van der Waals surface area contributed by atoms with Gasteiger partial charge in [-0.2, -0.15) is 10.4 Å². The summed E-state index contributed by atoms with van der Waals surface area (Å²) in [7, 11) is 0. The molecule has 1 heterocycles. The molecule has 2 aromatic carbocycles. The lowest BCUT2D eigenvalue weighted by molar-refractivity contribution is -0.116. The Bertz CT molecular complexity index is 1140. The number of carbonyl (C=O) groups is 1. The first-order valence-corrected chi connectivity index (χ1v) is 10.6. The van der Waals surface area contributed by atoms with E-state index >= 15 is 0 Å². The Labute approximate surface area is 188 Å². The van der Waals surface area contributed by atoms with Crippen LogP contribution in [0.15, 0.2) is 79.0 Å². The molecule has 6 nitrogen and oxygen atoms in total. The maximum atomic E-state index is 12.4. The minimum Gasteiger partial charge on any atom is -0.494 e. The summed E-state index contributed by atoms with van der Waals surface area (Å²) in [6.07, 6.45) is 6.97. The molecule has 3 aromatic rings. The van der Waals surface area contributed by atoms with E-state index in [1.807, 2.05) is 66.9 Å². The van der Waals surface area contributed by atoms with Gasteiger partial charge < -0.3 is 10.1 Å². The predicted octanol–water partition coefficient (Wildman–Crippen LogP) is 4.93. The van der Waals surface area contributed by atoms with Crippen LogP contribution < -0.4 is 10.1 Å². The maximum Gasteiger partial charge on any atom is 0.262 e. The molecule has 0 atom stereocenters. The second kappa shape index (κ2) is 11.3.